The molecule has 0 spiro atoms. The average Bonchev–Trinajstić information content (AvgIpc) is 2.80. The van der Waals surface area contributed by atoms with E-state index in [1.165, 1.54) is 9.87 Å². The Hall–Kier alpha value is -2.22. The molecule has 2 aliphatic rings. The molecule has 7 heteroatoms. The Balaban J connectivity index is 1.35. The van der Waals surface area contributed by atoms with Gasteiger partial charge in [0.25, 0.3) is 5.91 Å². The van der Waals surface area contributed by atoms with E-state index in [2.05, 4.69) is 24.3 Å². The number of nitrogens with zero attached hydrogens (tertiary/aromatic N) is 2. The molecular weight excluding hydrogens is 400 g/mol. The first-order valence-corrected chi connectivity index (χ1v) is 12.0. The molecule has 0 bridgehead atoms. The summed E-state index contributed by atoms with van der Waals surface area (Å²) in [6.45, 7) is 3.03. The van der Waals surface area contributed by atoms with Crippen LogP contribution in [-0.4, -0.2) is 62.9 Å². The van der Waals surface area contributed by atoms with E-state index in [0.29, 0.717) is 37.8 Å². The van der Waals surface area contributed by atoms with Crippen molar-refractivity contribution in [2.24, 2.45) is 5.92 Å². The minimum absolute atomic E-state index is 0.0246. The minimum atomic E-state index is -3.54. The zero-order valence-electron chi connectivity index (χ0n) is 17.1. The van der Waals surface area contributed by atoms with Crippen LogP contribution in [0.3, 0.4) is 0 Å². The Morgan fingerprint density at radius 1 is 0.900 bits per heavy atom. The van der Waals surface area contributed by atoms with Crippen molar-refractivity contribution in [2.75, 3.05) is 39.4 Å². The van der Waals surface area contributed by atoms with Gasteiger partial charge in [-0.15, -0.1) is 0 Å². The van der Waals surface area contributed by atoms with Crippen LogP contribution in [0.2, 0.25) is 0 Å². The van der Waals surface area contributed by atoms with E-state index in [1.807, 2.05) is 11.0 Å². The van der Waals surface area contributed by atoms with Crippen molar-refractivity contribution >= 4 is 15.9 Å². The fourth-order valence-electron chi connectivity index (χ4n) is 4.18. The van der Waals surface area contributed by atoms with Crippen molar-refractivity contribution in [3.8, 4) is 0 Å². The quantitative estimate of drug-likeness (QED) is 0.735. The molecule has 6 nitrogen and oxygen atoms in total. The predicted octanol–water partition coefficient (Wildman–Crippen LogP) is 2.80. The van der Waals surface area contributed by atoms with Crippen LogP contribution in [0.15, 0.2) is 59.5 Å². The summed E-state index contributed by atoms with van der Waals surface area (Å²) in [6, 6.07) is 16.8. The van der Waals surface area contributed by atoms with E-state index in [0.717, 1.165) is 32.4 Å². The number of carbonyl (C=O) groups excluding carboxylic acids is 1. The van der Waals surface area contributed by atoms with Gasteiger partial charge >= 0.3 is 0 Å². The second-order valence-corrected chi connectivity index (χ2v) is 9.90. The van der Waals surface area contributed by atoms with Gasteiger partial charge in [-0.3, -0.25) is 4.79 Å². The monoisotopic (exact) mass is 428 g/mol. The summed E-state index contributed by atoms with van der Waals surface area (Å²) in [6.07, 6.45) is 3.03. The molecule has 160 valence electrons. The molecule has 0 aliphatic carbocycles. The molecule has 0 unspecified atom stereocenters. The lowest BCUT2D eigenvalue weighted by Gasteiger charge is -2.32. The lowest BCUT2D eigenvalue weighted by atomic mass is 9.90. The summed E-state index contributed by atoms with van der Waals surface area (Å²) in [5.41, 5.74) is 1.89. The van der Waals surface area contributed by atoms with Gasteiger partial charge in [-0.2, -0.15) is 4.31 Å². The number of amides is 1. The van der Waals surface area contributed by atoms with Crippen molar-refractivity contribution in [1.82, 2.24) is 9.21 Å². The molecule has 2 heterocycles. The largest absolute Gasteiger partial charge is 0.379 e. The SMILES string of the molecule is O=C(c1ccc(S(=O)(=O)N2CCOCC2)cc1)N1CCC(Cc2ccccc2)CC1. The molecular formula is C23H28N2O4S. The highest BCUT2D eigenvalue weighted by Gasteiger charge is 2.27. The van der Waals surface area contributed by atoms with Crippen LogP contribution in [0, 0.1) is 5.92 Å². The second kappa shape index (κ2) is 9.29. The number of morpholine rings is 1. The van der Waals surface area contributed by atoms with Gasteiger partial charge in [-0.05, 0) is 55.0 Å². The smallest absolute Gasteiger partial charge is 0.253 e. The van der Waals surface area contributed by atoms with E-state index in [1.54, 1.807) is 24.3 Å². The molecule has 2 fully saturated rings. The lowest BCUT2D eigenvalue weighted by molar-refractivity contribution is 0.0690. The van der Waals surface area contributed by atoms with E-state index in [-0.39, 0.29) is 10.8 Å². The number of benzene rings is 2. The third kappa shape index (κ3) is 4.74. The van der Waals surface area contributed by atoms with Gasteiger partial charge in [0.05, 0.1) is 18.1 Å². The first-order valence-electron chi connectivity index (χ1n) is 10.6. The zero-order valence-corrected chi connectivity index (χ0v) is 17.9. The third-order valence-electron chi connectivity index (χ3n) is 5.98. The second-order valence-electron chi connectivity index (χ2n) is 7.97. The van der Waals surface area contributed by atoms with E-state index in [4.69, 9.17) is 4.74 Å². The first kappa shape index (κ1) is 21.0. The standard InChI is InChI=1S/C23H28N2O4S/c26-23(24-12-10-20(11-13-24)18-19-4-2-1-3-5-19)21-6-8-22(9-7-21)30(27,28)25-14-16-29-17-15-25/h1-9,20H,10-18H2. The number of ether oxygens (including phenoxy) is 1. The maximum Gasteiger partial charge on any atom is 0.253 e. The van der Waals surface area contributed by atoms with Gasteiger partial charge in [-0.1, -0.05) is 30.3 Å². The highest BCUT2D eigenvalue weighted by Crippen LogP contribution is 2.24. The average molecular weight is 429 g/mol. The van der Waals surface area contributed by atoms with Crippen LogP contribution in [0.25, 0.3) is 0 Å². The van der Waals surface area contributed by atoms with Crippen molar-refractivity contribution in [2.45, 2.75) is 24.2 Å². The maximum atomic E-state index is 12.9. The topological polar surface area (TPSA) is 66.9 Å². The number of hydrogen-bond acceptors (Lipinski definition) is 4. The molecule has 0 radical (unpaired) electrons. The third-order valence-corrected chi connectivity index (χ3v) is 7.89. The minimum Gasteiger partial charge on any atom is -0.379 e. The molecule has 30 heavy (non-hydrogen) atoms. The Bertz CT molecular complexity index is 946. The van der Waals surface area contributed by atoms with Gasteiger partial charge in [0.2, 0.25) is 10.0 Å². The Morgan fingerprint density at radius 3 is 2.17 bits per heavy atom. The van der Waals surface area contributed by atoms with E-state index < -0.39 is 10.0 Å². The maximum absolute atomic E-state index is 12.9. The van der Waals surface area contributed by atoms with Crippen LogP contribution in [0.1, 0.15) is 28.8 Å². The Labute approximate surface area is 178 Å². The molecule has 2 aromatic carbocycles. The fraction of sp³-hybridized carbons (Fsp3) is 0.435. The van der Waals surface area contributed by atoms with Crippen LogP contribution in [0.4, 0.5) is 0 Å². The van der Waals surface area contributed by atoms with Crippen LogP contribution in [0.5, 0.6) is 0 Å². The summed E-state index contributed by atoms with van der Waals surface area (Å²) in [7, 11) is -3.54. The van der Waals surface area contributed by atoms with Crippen LogP contribution >= 0.6 is 0 Å². The number of likely N-dealkylation sites (tertiary alicyclic amines) is 1. The molecule has 2 aromatic rings. The van der Waals surface area contributed by atoms with Gasteiger partial charge in [-0.25, -0.2) is 8.42 Å². The molecule has 0 atom stereocenters. The number of piperidine rings is 1. The zero-order chi connectivity index (χ0) is 21.0. The summed E-state index contributed by atoms with van der Waals surface area (Å²) >= 11 is 0. The number of carbonyl (C=O) groups is 1. The summed E-state index contributed by atoms with van der Waals surface area (Å²) in [5, 5.41) is 0. The number of hydrogen-bond donors (Lipinski definition) is 0. The number of sulfonamides is 1. The molecule has 1 amide bonds. The van der Waals surface area contributed by atoms with E-state index in [9.17, 15) is 13.2 Å². The molecule has 0 aromatic heterocycles. The highest BCUT2D eigenvalue weighted by atomic mass is 32.2. The molecule has 4 rings (SSSR count). The summed E-state index contributed by atoms with van der Waals surface area (Å²) < 4.78 is 32.1. The van der Waals surface area contributed by atoms with Gasteiger partial charge in [0, 0.05) is 31.7 Å². The van der Waals surface area contributed by atoms with Crippen molar-refractivity contribution in [3.63, 3.8) is 0 Å². The van der Waals surface area contributed by atoms with Crippen molar-refractivity contribution in [3.05, 3.63) is 65.7 Å². The highest BCUT2D eigenvalue weighted by molar-refractivity contribution is 7.89. The molecule has 0 N–H and O–H groups in total. The van der Waals surface area contributed by atoms with Gasteiger partial charge in [0.1, 0.15) is 0 Å². The Morgan fingerprint density at radius 2 is 1.53 bits per heavy atom. The number of rotatable bonds is 5. The fourth-order valence-corrected chi connectivity index (χ4v) is 5.58. The summed E-state index contributed by atoms with van der Waals surface area (Å²) in [4.78, 5) is 15.0. The van der Waals surface area contributed by atoms with Gasteiger partial charge < -0.3 is 9.64 Å². The van der Waals surface area contributed by atoms with Crippen LogP contribution in [-0.2, 0) is 21.2 Å². The predicted molar refractivity (Wildman–Crippen MR) is 115 cm³/mol. The van der Waals surface area contributed by atoms with Crippen molar-refractivity contribution in [1.29, 1.82) is 0 Å². The normalized spacial score (nSPS) is 19.0. The summed E-state index contributed by atoms with van der Waals surface area (Å²) in [5.74, 6) is 0.570. The van der Waals surface area contributed by atoms with Gasteiger partial charge in [0.15, 0.2) is 0 Å². The Kier molecular flexibility index (Phi) is 6.51. The molecule has 2 aliphatic heterocycles. The van der Waals surface area contributed by atoms with Crippen molar-refractivity contribution < 1.29 is 17.9 Å². The molecule has 2 saturated heterocycles. The lowest BCUT2D eigenvalue weighted by Crippen LogP contribution is -2.40. The molecule has 0 saturated carbocycles. The van der Waals surface area contributed by atoms with Crippen LogP contribution < -0.4 is 0 Å². The van der Waals surface area contributed by atoms with E-state index >= 15 is 0 Å². The first-order chi connectivity index (χ1) is 14.5.